The highest BCUT2D eigenvalue weighted by Gasteiger charge is 2.34. The molecular formula is C18H18ClN3O2. The number of benzene rings is 2. The summed E-state index contributed by atoms with van der Waals surface area (Å²) in [6.07, 6.45) is 1.46. The normalized spacial score (nSPS) is 16.7. The van der Waals surface area contributed by atoms with Crippen molar-refractivity contribution in [2.45, 2.75) is 18.9 Å². The van der Waals surface area contributed by atoms with Crippen LogP contribution in [0.15, 0.2) is 54.6 Å². The predicted octanol–water partition coefficient (Wildman–Crippen LogP) is 3.98. The van der Waals surface area contributed by atoms with Crippen LogP contribution in [-0.4, -0.2) is 29.4 Å². The Kier molecular flexibility index (Phi) is 5.01. The van der Waals surface area contributed by atoms with E-state index in [1.165, 1.54) is 0 Å². The number of likely N-dealkylation sites (tertiary alicyclic amines) is 1. The minimum Gasteiger partial charge on any atom is -0.324 e. The largest absolute Gasteiger partial charge is 0.324 e. The highest BCUT2D eigenvalue weighted by atomic mass is 35.5. The number of halogens is 1. The van der Waals surface area contributed by atoms with Gasteiger partial charge in [0.2, 0.25) is 5.91 Å². The van der Waals surface area contributed by atoms with Crippen LogP contribution in [0.5, 0.6) is 0 Å². The van der Waals surface area contributed by atoms with E-state index in [9.17, 15) is 9.59 Å². The van der Waals surface area contributed by atoms with Crippen molar-refractivity contribution < 1.29 is 9.59 Å². The zero-order valence-electron chi connectivity index (χ0n) is 13.0. The molecule has 2 aromatic rings. The van der Waals surface area contributed by atoms with Gasteiger partial charge in [-0.15, -0.1) is 0 Å². The fraction of sp³-hybridized carbons (Fsp3) is 0.222. The lowest BCUT2D eigenvalue weighted by atomic mass is 10.2. The summed E-state index contributed by atoms with van der Waals surface area (Å²) in [4.78, 5) is 26.5. The van der Waals surface area contributed by atoms with E-state index in [4.69, 9.17) is 11.6 Å². The SMILES string of the molecule is O=C(Nc1ccc(Cl)cc1)[C@H]1CCCN1C(=O)Nc1ccccc1. The second-order valence-corrected chi connectivity index (χ2v) is 6.08. The number of carbonyl (C=O) groups excluding carboxylic acids is 2. The van der Waals surface area contributed by atoms with Crippen molar-refractivity contribution in [3.8, 4) is 0 Å². The van der Waals surface area contributed by atoms with Crippen molar-refractivity contribution in [1.29, 1.82) is 0 Å². The Morgan fingerprint density at radius 1 is 0.958 bits per heavy atom. The lowest BCUT2D eigenvalue weighted by Crippen LogP contribution is -2.45. The van der Waals surface area contributed by atoms with Gasteiger partial charge >= 0.3 is 6.03 Å². The molecule has 0 bridgehead atoms. The Morgan fingerprint density at radius 2 is 1.62 bits per heavy atom. The van der Waals surface area contributed by atoms with Gasteiger partial charge in [0.1, 0.15) is 6.04 Å². The van der Waals surface area contributed by atoms with Crippen molar-refractivity contribution in [2.75, 3.05) is 17.2 Å². The molecule has 0 aliphatic carbocycles. The fourth-order valence-corrected chi connectivity index (χ4v) is 2.88. The highest BCUT2D eigenvalue weighted by molar-refractivity contribution is 6.30. The van der Waals surface area contributed by atoms with Crippen LogP contribution < -0.4 is 10.6 Å². The number of para-hydroxylation sites is 1. The van der Waals surface area contributed by atoms with E-state index in [1.54, 1.807) is 29.2 Å². The number of carbonyl (C=O) groups is 2. The number of hydrogen-bond acceptors (Lipinski definition) is 2. The van der Waals surface area contributed by atoms with Crippen LogP contribution in [0, 0.1) is 0 Å². The van der Waals surface area contributed by atoms with E-state index in [0.717, 1.165) is 6.42 Å². The van der Waals surface area contributed by atoms with Gasteiger partial charge in [0.05, 0.1) is 0 Å². The van der Waals surface area contributed by atoms with Crippen LogP contribution in [0.25, 0.3) is 0 Å². The molecule has 0 aromatic heterocycles. The monoisotopic (exact) mass is 343 g/mol. The fourth-order valence-electron chi connectivity index (χ4n) is 2.76. The zero-order chi connectivity index (χ0) is 16.9. The average molecular weight is 344 g/mol. The van der Waals surface area contributed by atoms with Crippen molar-refractivity contribution in [3.63, 3.8) is 0 Å². The Morgan fingerprint density at radius 3 is 2.33 bits per heavy atom. The predicted molar refractivity (Wildman–Crippen MR) is 95.3 cm³/mol. The van der Waals surface area contributed by atoms with Crippen molar-refractivity contribution in [2.24, 2.45) is 0 Å². The maximum Gasteiger partial charge on any atom is 0.322 e. The second-order valence-electron chi connectivity index (χ2n) is 5.64. The lowest BCUT2D eigenvalue weighted by molar-refractivity contribution is -0.119. The molecule has 1 aliphatic heterocycles. The van der Waals surface area contributed by atoms with Gasteiger partial charge in [-0.25, -0.2) is 4.79 Å². The molecule has 0 unspecified atom stereocenters. The third kappa shape index (κ3) is 3.86. The topological polar surface area (TPSA) is 61.4 Å². The summed E-state index contributed by atoms with van der Waals surface area (Å²) in [5, 5.41) is 6.28. The van der Waals surface area contributed by atoms with Gasteiger partial charge in [-0.2, -0.15) is 0 Å². The van der Waals surface area contributed by atoms with Crippen LogP contribution in [0.1, 0.15) is 12.8 Å². The first-order valence-electron chi connectivity index (χ1n) is 7.82. The first-order chi connectivity index (χ1) is 11.6. The molecule has 0 radical (unpaired) electrons. The summed E-state index contributed by atoms with van der Waals surface area (Å²) < 4.78 is 0. The van der Waals surface area contributed by atoms with E-state index in [0.29, 0.717) is 29.4 Å². The van der Waals surface area contributed by atoms with Crippen LogP contribution in [0.2, 0.25) is 5.02 Å². The Balaban J connectivity index is 1.65. The van der Waals surface area contributed by atoms with Gasteiger partial charge in [-0.1, -0.05) is 29.8 Å². The molecule has 1 fully saturated rings. The molecule has 3 rings (SSSR count). The van der Waals surface area contributed by atoms with Crippen LogP contribution >= 0.6 is 11.6 Å². The average Bonchev–Trinajstić information content (AvgIpc) is 3.08. The highest BCUT2D eigenvalue weighted by Crippen LogP contribution is 2.21. The molecule has 0 spiro atoms. The summed E-state index contributed by atoms with van der Waals surface area (Å²) in [6, 6.07) is 15.4. The molecule has 2 aromatic carbocycles. The molecule has 124 valence electrons. The smallest absolute Gasteiger partial charge is 0.322 e. The van der Waals surface area contributed by atoms with E-state index in [1.807, 2.05) is 30.3 Å². The third-order valence-corrected chi connectivity index (χ3v) is 4.21. The van der Waals surface area contributed by atoms with Gasteiger partial charge in [0, 0.05) is 22.9 Å². The minimum absolute atomic E-state index is 0.182. The standard InChI is InChI=1S/C18H18ClN3O2/c19-13-8-10-15(11-9-13)20-17(23)16-7-4-12-22(16)18(24)21-14-5-2-1-3-6-14/h1-3,5-6,8-11,16H,4,7,12H2,(H,20,23)(H,21,24)/t16-/m1/s1. The lowest BCUT2D eigenvalue weighted by Gasteiger charge is -2.24. The summed E-state index contributed by atoms with van der Waals surface area (Å²) in [5.41, 5.74) is 1.38. The Labute approximate surface area is 145 Å². The first kappa shape index (κ1) is 16.3. The first-order valence-corrected chi connectivity index (χ1v) is 8.20. The van der Waals surface area contributed by atoms with Crippen LogP contribution in [0.4, 0.5) is 16.2 Å². The minimum atomic E-state index is -0.468. The van der Waals surface area contributed by atoms with E-state index in [-0.39, 0.29) is 11.9 Å². The van der Waals surface area contributed by atoms with E-state index in [2.05, 4.69) is 10.6 Å². The molecule has 0 saturated carbocycles. The summed E-state index contributed by atoms with van der Waals surface area (Å²) >= 11 is 5.84. The summed E-state index contributed by atoms with van der Waals surface area (Å²) in [6.45, 7) is 0.567. The van der Waals surface area contributed by atoms with Gasteiger partial charge in [-0.3, -0.25) is 4.79 Å². The van der Waals surface area contributed by atoms with Crippen molar-refractivity contribution >= 4 is 34.9 Å². The molecule has 1 atom stereocenters. The van der Waals surface area contributed by atoms with Gasteiger partial charge in [-0.05, 0) is 49.2 Å². The van der Waals surface area contributed by atoms with Crippen molar-refractivity contribution in [3.05, 3.63) is 59.6 Å². The summed E-state index contributed by atoms with van der Waals surface area (Å²) in [5.74, 6) is -0.182. The third-order valence-electron chi connectivity index (χ3n) is 3.95. The summed E-state index contributed by atoms with van der Waals surface area (Å²) in [7, 11) is 0. The molecule has 1 aliphatic rings. The number of urea groups is 1. The molecule has 3 amide bonds. The Hall–Kier alpha value is -2.53. The van der Waals surface area contributed by atoms with Gasteiger partial charge < -0.3 is 15.5 Å². The number of nitrogens with zero attached hydrogens (tertiary/aromatic N) is 1. The van der Waals surface area contributed by atoms with Crippen LogP contribution in [-0.2, 0) is 4.79 Å². The van der Waals surface area contributed by atoms with E-state index >= 15 is 0 Å². The number of rotatable bonds is 3. The van der Waals surface area contributed by atoms with Gasteiger partial charge in [0.15, 0.2) is 0 Å². The number of nitrogens with one attached hydrogen (secondary N) is 2. The van der Waals surface area contributed by atoms with Crippen LogP contribution in [0.3, 0.4) is 0 Å². The molecule has 5 nitrogen and oxygen atoms in total. The maximum atomic E-state index is 12.5. The molecular weight excluding hydrogens is 326 g/mol. The quantitative estimate of drug-likeness (QED) is 0.885. The molecule has 6 heteroatoms. The Bertz CT molecular complexity index is 719. The zero-order valence-corrected chi connectivity index (χ0v) is 13.8. The maximum absolute atomic E-state index is 12.5. The number of anilines is 2. The van der Waals surface area contributed by atoms with Crippen molar-refractivity contribution in [1.82, 2.24) is 4.90 Å². The molecule has 2 N–H and O–H groups in total. The van der Waals surface area contributed by atoms with E-state index < -0.39 is 6.04 Å². The molecule has 24 heavy (non-hydrogen) atoms. The van der Waals surface area contributed by atoms with Gasteiger partial charge in [0.25, 0.3) is 0 Å². The second kappa shape index (κ2) is 7.36. The molecule has 1 saturated heterocycles. The molecule has 1 heterocycles. The number of amides is 3. The number of hydrogen-bond donors (Lipinski definition) is 2.